The molecule has 1 aromatic carbocycles. The fraction of sp³-hybridized carbons (Fsp3) is 0.455. The molecule has 3 N–H and O–H groups in total. The molecule has 190 valence electrons. The number of nitrogen functional groups attached to an aromatic ring is 1. The van der Waals surface area contributed by atoms with Gasteiger partial charge in [0.25, 0.3) is 0 Å². The number of benzene rings is 1. The molecule has 0 spiro atoms. The topological polar surface area (TPSA) is 143 Å². The quantitative estimate of drug-likeness (QED) is 0.292. The number of aromatic nitrogens is 4. The number of hydrogen-bond donors (Lipinski definition) is 2. The van der Waals surface area contributed by atoms with Crippen molar-refractivity contribution in [2.75, 3.05) is 12.1 Å². The third-order valence-corrected chi connectivity index (χ3v) is 6.68. The lowest BCUT2D eigenvalue weighted by molar-refractivity contribution is -0.153. The van der Waals surface area contributed by atoms with Crippen molar-refractivity contribution in [1.82, 2.24) is 24.6 Å². The summed E-state index contributed by atoms with van der Waals surface area (Å²) in [5, 5.41) is 2.77. The van der Waals surface area contributed by atoms with E-state index in [1.807, 2.05) is 0 Å². The van der Waals surface area contributed by atoms with Gasteiger partial charge in [0.05, 0.1) is 25.1 Å². The van der Waals surface area contributed by atoms with Crippen molar-refractivity contribution in [3.05, 3.63) is 42.7 Å². The van der Waals surface area contributed by atoms with Gasteiger partial charge in [-0.05, 0) is 58.9 Å². The van der Waals surface area contributed by atoms with Gasteiger partial charge in [-0.3, -0.25) is 9.36 Å². The highest BCUT2D eigenvalue weighted by molar-refractivity contribution is 7.57. The van der Waals surface area contributed by atoms with Crippen LogP contribution in [0.2, 0.25) is 0 Å². The minimum atomic E-state index is -3.84. The maximum Gasteiger partial charge on any atom is 0.342 e. The molecule has 13 heteroatoms. The first-order valence-corrected chi connectivity index (χ1v) is 12.8. The number of hydrogen-bond acceptors (Lipinski definition) is 9. The van der Waals surface area contributed by atoms with E-state index in [9.17, 15) is 13.8 Å². The summed E-state index contributed by atoms with van der Waals surface area (Å²) in [5.41, 5.74) is 5.48. The molecule has 2 heterocycles. The molecule has 0 amide bonds. The molecule has 0 fully saturated rings. The van der Waals surface area contributed by atoms with Gasteiger partial charge < -0.3 is 24.3 Å². The number of halogens is 1. The molecule has 0 bridgehead atoms. The fourth-order valence-corrected chi connectivity index (χ4v) is 5.19. The molecule has 3 aromatic rings. The summed E-state index contributed by atoms with van der Waals surface area (Å²) in [6.45, 7) is 8.59. The summed E-state index contributed by atoms with van der Waals surface area (Å²) in [6, 6.07) is 5.04. The lowest BCUT2D eigenvalue weighted by atomic mass is 10.1. The lowest BCUT2D eigenvalue weighted by Crippen LogP contribution is -2.48. The average molecular weight is 508 g/mol. The number of esters is 1. The Balaban J connectivity index is 1.76. The van der Waals surface area contributed by atoms with Gasteiger partial charge in [0.1, 0.15) is 35.3 Å². The predicted octanol–water partition coefficient (Wildman–Crippen LogP) is 3.50. The second-order valence-corrected chi connectivity index (χ2v) is 10.9. The maximum atomic E-state index is 13.8. The number of rotatable bonds is 11. The molecule has 2 atom stereocenters. The summed E-state index contributed by atoms with van der Waals surface area (Å²) in [7, 11) is -3.84. The van der Waals surface area contributed by atoms with Gasteiger partial charge in [-0.25, -0.2) is 24.4 Å². The van der Waals surface area contributed by atoms with Crippen molar-refractivity contribution in [2.24, 2.45) is 0 Å². The standard InChI is InChI=1S/C22H30FN6O5P/c1-14(2)33-21(30)22(4,5)28-35(31,34-17-8-6-16(23)7-9-17)13-32-15(3)10-29-12-27-18-19(24)25-11-26-20(18)29/h6-9,11-12,14-15H,10,13H2,1-5H3,(H,28,31)(H2,24,25,26)/t15-,35+/m1/s1. The molecule has 0 radical (unpaired) electrons. The molecular weight excluding hydrogens is 478 g/mol. The third kappa shape index (κ3) is 6.97. The zero-order chi connectivity index (χ0) is 25.8. The molecule has 0 saturated heterocycles. The number of nitrogens with two attached hydrogens (primary N) is 1. The number of fused-ring (bicyclic) bond motifs is 1. The number of anilines is 1. The maximum absolute atomic E-state index is 13.8. The average Bonchev–Trinajstić information content (AvgIpc) is 3.17. The number of nitrogens with one attached hydrogen (secondary N) is 1. The first-order valence-electron chi connectivity index (χ1n) is 11.0. The van der Waals surface area contributed by atoms with Crippen LogP contribution in [0.3, 0.4) is 0 Å². The van der Waals surface area contributed by atoms with E-state index in [4.69, 9.17) is 19.7 Å². The number of carbonyl (C=O) groups excluding carboxylic acids is 1. The predicted molar refractivity (Wildman–Crippen MR) is 128 cm³/mol. The van der Waals surface area contributed by atoms with Crippen LogP contribution in [0.15, 0.2) is 36.9 Å². The Kier molecular flexibility index (Phi) is 8.09. The van der Waals surface area contributed by atoms with Crippen LogP contribution in [0, 0.1) is 5.82 Å². The van der Waals surface area contributed by atoms with Crippen LogP contribution in [0.1, 0.15) is 34.6 Å². The van der Waals surface area contributed by atoms with Gasteiger partial charge in [0.15, 0.2) is 11.5 Å². The van der Waals surface area contributed by atoms with Crippen molar-refractivity contribution >= 4 is 30.5 Å². The number of imidazole rings is 1. The van der Waals surface area contributed by atoms with Crippen LogP contribution >= 0.6 is 7.52 Å². The van der Waals surface area contributed by atoms with Crippen LogP contribution in [0.5, 0.6) is 5.75 Å². The highest BCUT2D eigenvalue weighted by Crippen LogP contribution is 2.45. The molecule has 11 nitrogen and oxygen atoms in total. The third-order valence-electron chi connectivity index (χ3n) is 4.78. The van der Waals surface area contributed by atoms with Crippen molar-refractivity contribution in [3.63, 3.8) is 0 Å². The zero-order valence-corrected chi connectivity index (χ0v) is 21.2. The summed E-state index contributed by atoms with van der Waals surface area (Å²) in [5.74, 6) is -0.660. The molecule has 35 heavy (non-hydrogen) atoms. The monoisotopic (exact) mass is 508 g/mol. The van der Waals surface area contributed by atoms with Crippen LogP contribution in [0.4, 0.5) is 10.2 Å². The first kappa shape index (κ1) is 26.5. The second-order valence-electron chi connectivity index (χ2n) is 8.84. The fourth-order valence-electron chi connectivity index (χ4n) is 3.17. The SMILES string of the molecule is CC(C)OC(=O)C(C)(C)N[P@](=O)(CO[C@H](C)Cn1cnc2c(N)ncnc21)Oc1ccc(F)cc1. The lowest BCUT2D eigenvalue weighted by Gasteiger charge is -2.31. The van der Waals surface area contributed by atoms with Gasteiger partial charge in [-0.15, -0.1) is 0 Å². The molecule has 0 aliphatic heterocycles. The molecule has 3 rings (SSSR count). The van der Waals surface area contributed by atoms with E-state index in [0.29, 0.717) is 17.7 Å². The van der Waals surface area contributed by atoms with Crippen LogP contribution in [-0.2, 0) is 25.4 Å². The number of carbonyl (C=O) groups is 1. The molecule has 0 unspecified atom stereocenters. The summed E-state index contributed by atoms with van der Waals surface area (Å²) >= 11 is 0. The normalized spacial score (nSPS) is 14.6. The van der Waals surface area contributed by atoms with Gasteiger partial charge in [0, 0.05) is 0 Å². The molecule has 0 aliphatic carbocycles. The van der Waals surface area contributed by atoms with Crippen LogP contribution in [-0.4, -0.2) is 49.6 Å². The molecule has 0 saturated carbocycles. The van der Waals surface area contributed by atoms with Gasteiger partial charge in [-0.1, -0.05) is 0 Å². The van der Waals surface area contributed by atoms with Crippen molar-refractivity contribution in [3.8, 4) is 5.75 Å². The largest absolute Gasteiger partial charge is 0.462 e. The Morgan fingerprint density at radius 3 is 2.54 bits per heavy atom. The van der Waals surface area contributed by atoms with Crippen molar-refractivity contribution in [1.29, 1.82) is 0 Å². The van der Waals surface area contributed by atoms with E-state index < -0.39 is 30.9 Å². The number of ether oxygens (including phenoxy) is 2. The summed E-state index contributed by atoms with van der Waals surface area (Å²) in [6.07, 6.45) is 1.71. The Morgan fingerprint density at radius 2 is 1.89 bits per heavy atom. The Labute approximate surface area is 202 Å². The number of nitrogens with zero attached hydrogens (tertiary/aromatic N) is 4. The van der Waals surface area contributed by atoms with Gasteiger partial charge in [0.2, 0.25) is 0 Å². The van der Waals surface area contributed by atoms with Crippen LogP contribution in [0.25, 0.3) is 11.2 Å². The van der Waals surface area contributed by atoms with Gasteiger partial charge in [-0.2, -0.15) is 0 Å². The van der Waals surface area contributed by atoms with E-state index in [0.717, 1.165) is 0 Å². The highest BCUT2D eigenvalue weighted by atomic mass is 31.2. The first-order chi connectivity index (χ1) is 16.4. The molecule has 2 aromatic heterocycles. The van der Waals surface area contributed by atoms with Crippen molar-refractivity contribution in [2.45, 2.75) is 58.9 Å². The minimum Gasteiger partial charge on any atom is -0.462 e. The molecule has 0 aliphatic rings. The summed E-state index contributed by atoms with van der Waals surface area (Å²) in [4.78, 5) is 24.9. The second kappa shape index (κ2) is 10.7. The molecular formula is C22H30FN6O5P. The Hall–Kier alpha value is -3.08. The minimum absolute atomic E-state index is 0.152. The zero-order valence-electron chi connectivity index (χ0n) is 20.3. The van der Waals surface area contributed by atoms with E-state index in [-0.39, 0.29) is 24.0 Å². The van der Waals surface area contributed by atoms with E-state index in [2.05, 4.69) is 20.0 Å². The van der Waals surface area contributed by atoms with E-state index in [1.165, 1.54) is 44.4 Å². The van der Waals surface area contributed by atoms with Crippen LogP contribution < -0.4 is 15.3 Å². The van der Waals surface area contributed by atoms with E-state index >= 15 is 0 Å². The summed E-state index contributed by atoms with van der Waals surface area (Å²) < 4.78 is 45.7. The smallest absolute Gasteiger partial charge is 0.342 e. The Bertz CT molecular complexity index is 1220. The highest BCUT2D eigenvalue weighted by Gasteiger charge is 2.40. The van der Waals surface area contributed by atoms with E-state index in [1.54, 1.807) is 31.7 Å². The van der Waals surface area contributed by atoms with Gasteiger partial charge >= 0.3 is 13.5 Å². The van der Waals surface area contributed by atoms with Crippen molar-refractivity contribution < 1.29 is 27.7 Å². The Morgan fingerprint density at radius 1 is 1.20 bits per heavy atom.